The van der Waals surface area contributed by atoms with Gasteiger partial charge in [-0.3, -0.25) is 4.90 Å². The lowest BCUT2D eigenvalue weighted by Gasteiger charge is -2.34. The number of anilines is 1. The van der Waals surface area contributed by atoms with Crippen LogP contribution in [0.4, 0.5) is 5.69 Å². The van der Waals surface area contributed by atoms with Gasteiger partial charge in [-0.15, -0.1) is 5.11 Å². The number of aliphatic imine (C=N–C) groups is 1. The molecule has 0 spiro atoms. The minimum absolute atomic E-state index is 0.297. The first kappa shape index (κ1) is 18.7. The second-order valence-corrected chi connectivity index (χ2v) is 7.83. The third-order valence-electron chi connectivity index (χ3n) is 4.81. The van der Waals surface area contributed by atoms with Gasteiger partial charge in [0.25, 0.3) is 0 Å². The second-order valence-electron chi connectivity index (χ2n) is 6.82. The normalized spacial score (nSPS) is 23.0. The van der Waals surface area contributed by atoms with Crippen LogP contribution in [0.3, 0.4) is 0 Å². The molecule has 2 atom stereocenters. The summed E-state index contributed by atoms with van der Waals surface area (Å²) in [6, 6.07) is 7.69. The zero-order valence-corrected chi connectivity index (χ0v) is 17.0. The van der Waals surface area contributed by atoms with E-state index in [1.807, 2.05) is 55.1 Å². The highest BCUT2D eigenvalue weighted by atomic mass is 32.2. The zero-order valence-electron chi connectivity index (χ0n) is 16.2. The van der Waals surface area contributed by atoms with Gasteiger partial charge in [-0.05, 0) is 43.3 Å². The van der Waals surface area contributed by atoms with Crippen molar-refractivity contribution in [2.24, 2.45) is 21.0 Å². The van der Waals surface area contributed by atoms with Crippen LogP contribution < -0.4 is 10.6 Å². The van der Waals surface area contributed by atoms with Crippen LogP contribution in [-0.2, 0) is 9.53 Å². The number of allylic oxidation sites excluding steroid dienone is 1. The smallest absolute Gasteiger partial charge is 0.338 e. The predicted octanol–water partition coefficient (Wildman–Crippen LogP) is 2.97. The number of fused-ring (bicyclic) bond motifs is 2. The van der Waals surface area contributed by atoms with E-state index in [1.54, 1.807) is 6.92 Å². The average molecular weight is 398 g/mol. The number of carbonyl (C=O) groups is 1. The second kappa shape index (κ2) is 7.06. The van der Waals surface area contributed by atoms with Crippen LogP contribution in [0.25, 0.3) is 0 Å². The van der Waals surface area contributed by atoms with E-state index < -0.39 is 12.2 Å². The number of rotatable bonds is 4. The van der Waals surface area contributed by atoms with Gasteiger partial charge in [0.05, 0.1) is 28.8 Å². The van der Waals surface area contributed by atoms with Crippen molar-refractivity contribution in [2.75, 3.05) is 25.6 Å². The predicted molar refractivity (Wildman–Crippen MR) is 110 cm³/mol. The minimum Gasteiger partial charge on any atom is -0.463 e. The van der Waals surface area contributed by atoms with Gasteiger partial charge in [0.2, 0.25) is 0 Å². The molecule has 3 aliphatic heterocycles. The molecular weight excluding hydrogens is 376 g/mol. The number of ether oxygens (including phenoxy) is 1. The Morgan fingerprint density at radius 2 is 2.04 bits per heavy atom. The molecule has 2 unspecified atom stereocenters. The summed E-state index contributed by atoms with van der Waals surface area (Å²) in [4.78, 5) is 22.3. The van der Waals surface area contributed by atoms with Crippen molar-refractivity contribution in [1.29, 1.82) is 0 Å². The number of azo groups is 1. The van der Waals surface area contributed by atoms with Gasteiger partial charge in [-0.1, -0.05) is 12.1 Å². The Labute approximate surface area is 167 Å². The number of hydrogen-bond acceptors (Lipinski definition) is 9. The molecule has 1 aromatic rings. The minimum atomic E-state index is -0.489. The fourth-order valence-corrected chi connectivity index (χ4v) is 4.51. The first-order chi connectivity index (χ1) is 13.4. The van der Waals surface area contributed by atoms with Gasteiger partial charge in [0.1, 0.15) is 0 Å². The van der Waals surface area contributed by atoms with Crippen molar-refractivity contribution in [2.45, 2.75) is 26.1 Å². The number of nitrogens with two attached hydrogens (primary N) is 1. The maximum Gasteiger partial charge on any atom is 0.338 e. The molecule has 0 bridgehead atoms. The zero-order chi connectivity index (χ0) is 20.0. The summed E-state index contributed by atoms with van der Waals surface area (Å²) < 4.78 is 5.34. The summed E-state index contributed by atoms with van der Waals surface area (Å²) in [5.74, 6) is 0.287. The molecule has 28 heavy (non-hydrogen) atoms. The lowest BCUT2D eigenvalue weighted by molar-refractivity contribution is -0.139. The molecule has 2 N–H and O–H groups in total. The molecule has 0 fully saturated rings. The third kappa shape index (κ3) is 2.91. The number of carbonyl (C=O) groups excluding carboxylic acids is 1. The quantitative estimate of drug-likeness (QED) is 0.784. The van der Waals surface area contributed by atoms with Crippen LogP contribution in [0.15, 0.2) is 61.5 Å². The van der Waals surface area contributed by atoms with Crippen LogP contribution in [0.2, 0.25) is 0 Å². The molecular formula is C19H22N6O2S. The third-order valence-corrected chi connectivity index (χ3v) is 5.92. The maximum atomic E-state index is 12.8. The van der Waals surface area contributed by atoms with E-state index in [-0.39, 0.29) is 5.97 Å². The number of amidine groups is 1. The van der Waals surface area contributed by atoms with E-state index in [2.05, 4.69) is 15.2 Å². The molecule has 3 aliphatic rings. The van der Waals surface area contributed by atoms with E-state index in [4.69, 9.17) is 10.5 Å². The summed E-state index contributed by atoms with van der Waals surface area (Å²) in [5.41, 5.74) is 9.23. The monoisotopic (exact) mass is 398 g/mol. The van der Waals surface area contributed by atoms with Crippen molar-refractivity contribution < 1.29 is 9.53 Å². The lowest BCUT2D eigenvalue weighted by Crippen LogP contribution is -2.36. The van der Waals surface area contributed by atoms with E-state index in [9.17, 15) is 4.79 Å². The Morgan fingerprint density at radius 1 is 1.32 bits per heavy atom. The average Bonchev–Trinajstić information content (AvgIpc) is 3.20. The Kier molecular flexibility index (Phi) is 4.72. The summed E-state index contributed by atoms with van der Waals surface area (Å²) in [6.07, 6.45) is -0.489. The molecule has 0 radical (unpaired) electrons. The molecule has 0 aromatic heterocycles. The van der Waals surface area contributed by atoms with Crippen molar-refractivity contribution in [3.8, 4) is 0 Å². The van der Waals surface area contributed by atoms with Gasteiger partial charge in [-0.25, -0.2) is 9.79 Å². The molecule has 8 nitrogen and oxygen atoms in total. The van der Waals surface area contributed by atoms with E-state index in [0.29, 0.717) is 23.7 Å². The van der Waals surface area contributed by atoms with Crippen molar-refractivity contribution in [3.63, 3.8) is 0 Å². The summed E-state index contributed by atoms with van der Waals surface area (Å²) in [6.45, 7) is 3.93. The van der Waals surface area contributed by atoms with Crippen LogP contribution in [0.5, 0.6) is 0 Å². The van der Waals surface area contributed by atoms with Gasteiger partial charge < -0.3 is 15.4 Å². The Hall–Kier alpha value is -2.65. The molecule has 146 valence electrons. The van der Waals surface area contributed by atoms with Gasteiger partial charge in [0.15, 0.2) is 17.2 Å². The largest absolute Gasteiger partial charge is 0.463 e. The molecule has 0 amide bonds. The molecule has 0 aliphatic carbocycles. The van der Waals surface area contributed by atoms with Crippen molar-refractivity contribution in [3.05, 3.63) is 51.8 Å². The highest BCUT2D eigenvalue weighted by Gasteiger charge is 2.46. The van der Waals surface area contributed by atoms with Gasteiger partial charge >= 0.3 is 5.97 Å². The van der Waals surface area contributed by atoms with E-state index in [0.717, 1.165) is 21.3 Å². The topological polar surface area (TPSA) is 95.9 Å². The van der Waals surface area contributed by atoms with Crippen molar-refractivity contribution >= 4 is 28.6 Å². The highest BCUT2D eigenvalue weighted by molar-refractivity contribution is 8.17. The summed E-state index contributed by atoms with van der Waals surface area (Å²) in [7, 11) is 3.98. The van der Waals surface area contributed by atoms with Crippen molar-refractivity contribution in [1.82, 2.24) is 4.90 Å². The Balaban J connectivity index is 1.84. The number of thioether (sulfide) groups is 1. The van der Waals surface area contributed by atoms with Crippen LogP contribution in [0, 0.1) is 0 Å². The number of nitrogens with zero attached hydrogens (tertiary/aromatic N) is 5. The van der Waals surface area contributed by atoms with E-state index in [1.165, 1.54) is 11.8 Å². The van der Waals surface area contributed by atoms with Crippen LogP contribution >= 0.6 is 11.8 Å². The summed E-state index contributed by atoms with van der Waals surface area (Å²) in [5, 5.41) is 9.10. The van der Waals surface area contributed by atoms with E-state index >= 15 is 0 Å². The number of benzene rings is 1. The Morgan fingerprint density at radius 3 is 2.68 bits per heavy atom. The molecule has 0 saturated heterocycles. The maximum absolute atomic E-state index is 12.8. The fourth-order valence-electron chi connectivity index (χ4n) is 3.44. The molecule has 3 heterocycles. The summed E-state index contributed by atoms with van der Waals surface area (Å²) >= 11 is 1.46. The first-order valence-corrected chi connectivity index (χ1v) is 9.85. The molecule has 1 aromatic carbocycles. The number of hydrogen-bond donors (Lipinski definition) is 1. The lowest BCUT2D eigenvalue weighted by atomic mass is 9.94. The fraction of sp³-hybridized carbons (Fsp3) is 0.368. The van der Waals surface area contributed by atoms with Gasteiger partial charge in [-0.2, -0.15) is 5.11 Å². The SMILES string of the molecule is CCOC(=O)C1=C(C)N=C2SC3=C(N=NC3N)N2C1c1ccc(N(C)C)cc1. The standard InChI is InChI=1S/C19H22N6O2S/c1-5-27-18(26)13-10(2)21-19-25(17-15(28-19)16(20)22-23-17)14(13)11-6-8-12(9-7-11)24(3)4/h6-9,14,16H,5,20H2,1-4H3. The molecule has 0 saturated carbocycles. The van der Waals surface area contributed by atoms with Crippen LogP contribution in [0.1, 0.15) is 25.5 Å². The molecule has 9 heteroatoms. The van der Waals surface area contributed by atoms with Crippen LogP contribution in [-0.4, -0.2) is 42.9 Å². The first-order valence-electron chi connectivity index (χ1n) is 9.04. The van der Waals surface area contributed by atoms with Gasteiger partial charge in [0, 0.05) is 19.8 Å². The molecule has 4 rings (SSSR count). The number of esters is 1. The highest BCUT2D eigenvalue weighted by Crippen LogP contribution is 2.50. The Bertz CT molecular complexity index is 948.